The van der Waals surface area contributed by atoms with Crippen molar-refractivity contribution in [1.29, 1.82) is 0 Å². The van der Waals surface area contributed by atoms with Gasteiger partial charge in [0.1, 0.15) is 0 Å². The van der Waals surface area contributed by atoms with E-state index in [1.807, 2.05) is 19.4 Å². The zero-order chi connectivity index (χ0) is 11.2. The van der Waals surface area contributed by atoms with Gasteiger partial charge in [0.2, 0.25) is 0 Å². The molecule has 0 amide bonds. The summed E-state index contributed by atoms with van der Waals surface area (Å²) >= 11 is 1.79. The van der Waals surface area contributed by atoms with Gasteiger partial charge >= 0.3 is 0 Å². The monoisotopic (exact) mass is 241 g/mol. The molecule has 0 saturated carbocycles. The second-order valence-corrected chi connectivity index (χ2v) is 5.16. The van der Waals surface area contributed by atoms with E-state index in [-0.39, 0.29) is 0 Å². The Kier molecular flexibility index (Phi) is 4.69. The Bertz CT molecular complexity index is 310. The third kappa shape index (κ3) is 3.50. The van der Waals surface area contributed by atoms with Crippen LogP contribution in [0.5, 0.6) is 0 Å². The maximum absolute atomic E-state index is 5.33. The fraction of sp³-hybridized carbons (Fsp3) is 0.727. The number of imidazole rings is 1. The van der Waals surface area contributed by atoms with E-state index in [4.69, 9.17) is 4.74 Å². The maximum atomic E-state index is 5.33. The molecular formula is C11H19N3OS. The summed E-state index contributed by atoms with van der Waals surface area (Å²) in [4.78, 5) is 4.27. The van der Waals surface area contributed by atoms with E-state index in [1.54, 1.807) is 11.8 Å². The molecule has 1 aliphatic rings. The fourth-order valence-corrected chi connectivity index (χ4v) is 2.58. The minimum Gasteiger partial charge on any atom is -0.381 e. The maximum Gasteiger partial charge on any atom is 0.167 e. The molecule has 90 valence electrons. The van der Waals surface area contributed by atoms with E-state index in [2.05, 4.69) is 14.9 Å². The summed E-state index contributed by atoms with van der Waals surface area (Å²) < 4.78 is 7.38. The van der Waals surface area contributed by atoms with Crippen LogP contribution in [0.3, 0.4) is 0 Å². The van der Waals surface area contributed by atoms with Crippen LogP contribution >= 0.6 is 11.8 Å². The molecule has 1 fully saturated rings. The summed E-state index contributed by atoms with van der Waals surface area (Å²) in [5.74, 6) is 1.79. The smallest absolute Gasteiger partial charge is 0.167 e. The molecular weight excluding hydrogens is 222 g/mol. The van der Waals surface area contributed by atoms with Gasteiger partial charge in [0.15, 0.2) is 5.16 Å². The lowest BCUT2D eigenvalue weighted by Crippen LogP contribution is -2.25. The third-order valence-corrected chi connectivity index (χ3v) is 3.80. The lowest BCUT2D eigenvalue weighted by molar-refractivity contribution is 0.185. The highest BCUT2D eigenvalue weighted by Gasteiger charge is 2.14. The van der Waals surface area contributed by atoms with E-state index in [1.165, 1.54) is 6.42 Å². The van der Waals surface area contributed by atoms with Gasteiger partial charge in [-0.1, -0.05) is 11.8 Å². The van der Waals surface area contributed by atoms with Gasteiger partial charge in [-0.15, -0.1) is 0 Å². The first-order chi connectivity index (χ1) is 7.86. The highest BCUT2D eigenvalue weighted by atomic mass is 32.2. The molecule has 2 rings (SSSR count). The van der Waals surface area contributed by atoms with Crippen LogP contribution in [0.15, 0.2) is 17.6 Å². The van der Waals surface area contributed by atoms with Crippen molar-refractivity contribution in [3.8, 4) is 0 Å². The van der Waals surface area contributed by atoms with Gasteiger partial charge in [-0.2, -0.15) is 0 Å². The van der Waals surface area contributed by atoms with Crippen LogP contribution in [0, 0.1) is 5.92 Å². The minimum absolute atomic E-state index is 0.721. The zero-order valence-electron chi connectivity index (χ0n) is 9.69. The first-order valence-electron chi connectivity index (χ1n) is 5.75. The standard InChI is InChI=1S/C11H19N3OS/c1-14-5-3-13-11(14)16-7-4-12-8-10-2-6-15-9-10/h3,5,10,12H,2,4,6-9H2,1H3. The fourth-order valence-electron chi connectivity index (χ4n) is 1.76. The Hall–Kier alpha value is -0.520. The van der Waals surface area contributed by atoms with Crippen molar-refractivity contribution in [3.05, 3.63) is 12.4 Å². The molecule has 1 aromatic heterocycles. The molecule has 1 aromatic rings. The average Bonchev–Trinajstić information content (AvgIpc) is 2.90. The number of aryl methyl sites for hydroxylation is 1. The first-order valence-corrected chi connectivity index (χ1v) is 6.73. The van der Waals surface area contributed by atoms with Crippen LogP contribution in [-0.2, 0) is 11.8 Å². The van der Waals surface area contributed by atoms with Gasteiger partial charge < -0.3 is 14.6 Å². The molecule has 1 saturated heterocycles. The molecule has 0 aliphatic carbocycles. The molecule has 1 atom stereocenters. The number of aromatic nitrogens is 2. The van der Waals surface area contributed by atoms with E-state index < -0.39 is 0 Å². The number of hydrogen-bond acceptors (Lipinski definition) is 4. The molecule has 2 heterocycles. The summed E-state index contributed by atoms with van der Waals surface area (Å²) in [6.07, 6.45) is 5.02. The Morgan fingerprint density at radius 1 is 1.69 bits per heavy atom. The van der Waals surface area contributed by atoms with Crippen LogP contribution < -0.4 is 5.32 Å². The number of hydrogen-bond donors (Lipinski definition) is 1. The Morgan fingerprint density at radius 3 is 3.31 bits per heavy atom. The van der Waals surface area contributed by atoms with Crippen LogP contribution in [-0.4, -0.2) is 41.6 Å². The molecule has 0 bridgehead atoms. The summed E-state index contributed by atoms with van der Waals surface area (Å²) in [6.45, 7) is 3.99. The number of ether oxygens (including phenoxy) is 1. The lowest BCUT2D eigenvalue weighted by atomic mass is 10.1. The molecule has 0 radical (unpaired) electrons. The Balaban J connectivity index is 1.53. The lowest BCUT2D eigenvalue weighted by Gasteiger charge is -2.08. The molecule has 1 N–H and O–H groups in total. The van der Waals surface area contributed by atoms with Crippen LogP contribution in [0.25, 0.3) is 0 Å². The highest BCUT2D eigenvalue weighted by Crippen LogP contribution is 2.13. The van der Waals surface area contributed by atoms with Crippen molar-refractivity contribution in [2.24, 2.45) is 13.0 Å². The van der Waals surface area contributed by atoms with Crippen molar-refractivity contribution in [2.45, 2.75) is 11.6 Å². The van der Waals surface area contributed by atoms with Crippen molar-refractivity contribution in [3.63, 3.8) is 0 Å². The van der Waals surface area contributed by atoms with Gasteiger partial charge in [-0.05, 0) is 12.3 Å². The van der Waals surface area contributed by atoms with E-state index in [0.29, 0.717) is 0 Å². The average molecular weight is 241 g/mol. The quantitative estimate of drug-likeness (QED) is 0.599. The first kappa shape index (κ1) is 12.0. The van der Waals surface area contributed by atoms with Crippen LogP contribution in [0.1, 0.15) is 6.42 Å². The third-order valence-electron chi connectivity index (χ3n) is 2.74. The van der Waals surface area contributed by atoms with Crippen molar-refractivity contribution in [2.75, 3.05) is 32.1 Å². The number of rotatable bonds is 6. The number of nitrogens with one attached hydrogen (secondary N) is 1. The normalized spacial score (nSPS) is 20.4. The van der Waals surface area contributed by atoms with Crippen LogP contribution in [0.4, 0.5) is 0 Å². The molecule has 0 spiro atoms. The number of thioether (sulfide) groups is 1. The largest absolute Gasteiger partial charge is 0.381 e. The van der Waals surface area contributed by atoms with Gasteiger partial charge in [0, 0.05) is 44.9 Å². The van der Waals surface area contributed by atoms with Crippen molar-refractivity contribution >= 4 is 11.8 Å². The summed E-state index contributed by atoms with van der Waals surface area (Å²) in [5, 5.41) is 4.56. The van der Waals surface area contributed by atoms with E-state index in [0.717, 1.165) is 43.1 Å². The minimum atomic E-state index is 0.721. The predicted molar refractivity (Wildman–Crippen MR) is 65.7 cm³/mol. The summed E-state index contributed by atoms with van der Waals surface area (Å²) in [7, 11) is 2.03. The van der Waals surface area contributed by atoms with Gasteiger partial charge in [-0.25, -0.2) is 4.98 Å². The molecule has 16 heavy (non-hydrogen) atoms. The van der Waals surface area contributed by atoms with E-state index >= 15 is 0 Å². The number of nitrogens with zero attached hydrogens (tertiary/aromatic N) is 2. The summed E-state index contributed by atoms with van der Waals surface area (Å²) in [5.41, 5.74) is 0. The van der Waals surface area contributed by atoms with Gasteiger partial charge in [0.05, 0.1) is 6.61 Å². The molecule has 1 unspecified atom stereocenters. The van der Waals surface area contributed by atoms with Crippen molar-refractivity contribution < 1.29 is 4.74 Å². The molecule has 5 heteroatoms. The van der Waals surface area contributed by atoms with Crippen molar-refractivity contribution in [1.82, 2.24) is 14.9 Å². The topological polar surface area (TPSA) is 39.1 Å². The Labute approximate surface area is 101 Å². The second kappa shape index (κ2) is 6.27. The van der Waals surface area contributed by atoms with Crippen LogP contribution in [0.2, 0.25) is 0 Å². The Morgan fingerprint density at radius 2 is 2.62 bits per heavy atom. The molecule has 4 nitrogen and oxygen atoms in total. The molecule has 0 aromatic carbocycles. The predicted octanol–water partition coefficient (Wildman–Crippen LogP) is 1.14. The second-order valence-electron chi connectivity index (χ2n) is 4.10. The highest BCUT2D eigenvalue weighted by molar-refractivity contribution is 7.99. The molecule has 1 aliphatic heterocycles. The van der Waals surface area contributed by atoms with Gasteiger partial charge in [-0.3, -0.25) is 0 Å². The van der Waals surface area contributed by atoms with Gasteiger partial charge in [0.25, 0.3) is 0 Å². The van der Waals surface area contributed by atoms with E-state index in [9.17, 15) is 0 Å². The zero-order valence-corrected chi connectivity index (χ0v) is 10.5. The summed E-state index contributed by atoms with van der Waals surface area (Å²) in [6, 6.07) is 0. The SMILES string of the molecule is Cn1ccnc1SCCNCC1CCOC1.